The second-order valence-electron chi connectivity index (χ2n) is 6.30. The number of aromatic nitrogens is 2. The van der Waals surface area contributed by atoms with Gasteiger partial charge in [-0.3, -0.25) is 0 Å². The van der Waals surface area contributed by atoms with Crippen LogP contribution >= 0.6 is 0 Å². The first-order valence-electron chi connectivity index (χ1n) is 8.78. The number of ether oxygens (including phenoxy) is 2. The average molecular weight is 367 g/mol. The molecule has 0 aliphatic rings. The molecule has 1 heterocycles. The first-order valence-corrected chi connectivity index (χ1v) is 8.78. The van der Waals surface area contributed by atoms with Crippen LogP contribution in [-0.4, -0.2) is 16.1 Å². The van der Waals surface area contributed by atoms with Crippen LogP contribution in [0, 0.1) is 5.82 Å². The molecule has 0 saturated heterocycles. The Hall–Kier alpha value is -2.99. The zero-order valence-corrected chi connectivity index (χ0v) is 15.4. The highest BCUT2D eigenvalue weighted by Gasteiger charge is 2.03. The number of nitrogens with zero attached hydrogens (tertiary/aromatic N) is 2. The molecule has 0 radical (unpaired) electrons. The molecule has 1 N–H and O–H groups in total. The predicted octanol–water partition coefficient (Wildman–Crippen LogP) is 4.95. The Labute approximate surface area is 158 Å². The predicted molar refractivity (Wildman–Crippen MR) is 102 cm³/mol. The van der Waals surface area contributed by atoms with Gasteiger partial charge in [0.15, 0.2) is 0 Å². The van der Waals surface area contributed by atoms with Gasteiger partial charge in [0.2, 0.25) is 11.8 Å². The highest BCUT2D eigenvalue weighted by atomic mass is 19.1. The van der Waals surface area contributed by atoms with Gasteiger partial charge in [-0.1, -0.05) is 24.3 Å². The SMILES string of the molecule is CC(C)OCc1ccc(CNc2nccc(Oc3ccc(F)cc3)n2)cc1. The Morgan fingerprint density at radius 1 is 0.963 bits per heavy atom. The monoisotopic (exact) mass is 367 g/mol. The summed E-state index contributed by atoms with van der Waals surface area (Å²) in [5.41, 5.74) is 2.25. The average Bonchev–Trinajstić information content (AvgIpc) is 2.68. The molecule has 0 fully saturated rings. The van der Waals surface area contributed by atoms with Gasteiger partial charge in [-0.15, -0.1) is 0 Å². The summed E-state index contributed by atoms with van der Waals surface area (Å²) >= 11 is 0. The fourth-order valence-corrected chi connectivity index (χ4v) is 2.30. The molecule has 3 aromatic rings. The van der Waals surface area contributed by atoms with Gasteiger partial charge in [-0.2, -0.15) is 4.98 Å². The van der Waals surface area contributed by atoms with E-state index >= 15 is 0 Å². The van der Waals surface area contributed by atoms with E-state index in [4.69, 9.17) is 9.47 Å². The Morgan fingerprint density at radius 3 is 2.37 bits per heavy atom. The minimum Gasteiger partial charge on any atom is -0.439 e. The smallest absolute Gasteiger partial charge is 0.226 e. The number of halogens is 1. The van der Waals surface area contributed by atoms with E-state index in [1.165, 1.54) is 12.1 Å². The van der Waals surface area contributed by atoms with Gasteiger partial charge in [0.1, 0.15) is 11.6 Å². The molecule has 3 rings (SSSR count). The van der Waals surface area contributed by atoms with Crippen molar-refractivity contribution in [3.63, 3.8) is 0 Å². The fourth-order valence-electron chi connectivity index (χ4n) is 2.30. The lowest BCUT2D eigenvalue weighted by Crippen LogP contribution is -2.05. The quantitative estimate of drug-likeness (QED) is 0.611. The second-order valence-corrected chi connectivity index (χ2v) is 6.30. The van der Waals surface area contributed by atoms with Crippen molar-refractivity contribution < 1.29 is 13.9 Å². The van der Waals surface area contributed by atoms with E-state index in [1.54, 1.807) is 24.4 Å². The fraction of sp³-hybridized carbons (Fsp3) is 0.238. The molecular formula is C21H22FN3O2. The van der Waals surface area contributed by atoms with Gasteiger partial charge < -0.3 is 14.8 Å². The molecule has 0 saturated carbocycles. The third-order valence-corrected chi connectivity index (χ3v) is 3.72. The van der Waals surface area contributed by atoms with Crippen LogP contribution in [0.15, 0.2) is 60.8 Å². The number of nitrogens with one attached hydrogen (secondary N) is 1. The highest BCUT2D eigenvalue weighted by molar-refractivity contribution is 5.33. The Bertz CT molecular complexity index is 852. The van der Waals surface area contributed by atoms with Gasteiger partial charge in [0.25, 0.3) is 0 Å². The van der Waals surface area contributed by atoms with Crippen molar-refractivity contribution in [2.75, 3.05) is 5.32 Å². The normalized spacial score (nSPS) is 10.8. The van der Waals surface area contributed by atoms with E-state index in [-0.39, 0.29) is 11.9 Å². The van der Waals surface area contributed by atoms with E-state index in [9.17, 15) is 4.39 Å². The summed E-state index contributed by atoms with van der Waals surface area (Å²) in [6.07, 6.45) is 1.83. The summed E-state index contributed by atoms with van der Waals surface area (Å²) in [5, 5.41) is 3.17. The maximum atomic E-state index is 13.0. The van der Waals surface area contributed by atoms with Gasteiger partial charge in [0, 0.05) is 18.8 Å². The molecule has 0 amide bonds. The van der Waals surface area contributed by atoms with E-state index in [0.29, 0.717) is 30.7 Å². The van der Waals surface area contributed by atoms with Crippen molar-refractivity contribution in [2.45, 2.75) is 33.1 Å². The summed E-state index contributed by atoms with van der Waals surface area (Å²) in [5.74, 6) is 1.05. The van der Waals surface area contributed by atoms with Crippen LogP contribution in [0.2, 0.25) is 0 Å². The van der Waals surface area contributed by atoms with Crippen molar-refractivity contribution in [2.24, 2.45) is 0 Å². The molecule has 0 aliphatic heterocycles. The molecule has 5 nitrogen and oxygen atoms in total. The van der Waals surface area contributed by atoms with E-state index in [0.717, 1.165) is 11.1 Å². The van der Waals surface area contributed by atoms with Crippen molar-refractivity contribution in [1.82, 2.24) is 9.97 Å². The van der Waals surface area contributed by atoms with Crippen LogP contribution in [0.4, 0.5) is 10.3 Å². The third-order valence-electron chi connectivity index (χ3n) is 3.72. The van der Waals surface area contributed by atoms with Crippen LogP contribution in [-0.2, 0) is 17.9 Å². The lowest BCUT2D eigenvalue weighted by Gasteiger charge is -2.09. The summed E-state index contributed by atoms with van der Waals surface area (Å²) in [6.45, 7) is 5.24. The van der Waals surface area contributed by atoms with E-state index in [2.05, 4.69) is 15.3 Å². The van der Waals surface area contributed by atoms with Crippen molar-refractivity contribution >= 4 is 5.95 Å². The number of benzene rings is 2. The Morgan fingerprint density at radius 2 is 1.67 bits per heavy atom. The summed E-state index contributed by atoms with van der Waals surface area (Å²) in [7, 11) is 0. The molecule has 1 aromatic heterocycles. The maximum Gasteiger partial charge on any atom is 0.226 e. The largest absolute Gasteiger partial charge is 0.439 e. The minimum absolute atomic E-state index is 0.216. The molecule has 0 atom stereocenters. The standard InChI is InChI=1S/C21H22FN3O2/c1-15(2)26-14-17-5-3-16(4-6-17)13-24-21-23-12-11-20(25-21)27-19-9-7-18(22)8-10-19/h3-12,15H,13-14H2,1-2H3,(H,23,24,25). The molecule has 0 bridgehead atoms. The second kappa shape index (κ2) is 9.09. The summed E-state index contributed by atoms with van der Waals surface area (Å²) in [4.78, 5) is 8.51. The molecule has 0 unspecified atom stereocenters. The van der Waals surface area contributed by atoms with Crippen molar-refractivity contribution in [3.8, 4) is 11.6 Å². The first-order chi connectivity index (χ1) is 13.1. The first kappa shape index (κ1) is 18.8. The van der Waals surface area contributed by atoms with E-state index in [1.807, 2.05) is 38.1 Å². The highest BCUT2D eigenvalue weighted by Crippen LogP contribution is 2.20. The number of anilines is 1. The van der Waals surface area contributed by atoms with Crippen LogP contribution in [0.5, 0.6) is 11.6 Å². The van der Waals surface area contributed by atoms with Gasteiger partial charge in [0.05, 0.1) is 12.7 Å². The number of hydrogen-bond acceptors (Lipinski definition) is 5. The van der Waals surface area contributed by atoms with Crippen molar-refractivity contribution in [1.29, 1.82) is 0 Å². The molecule has 0 spiro atoms. The molecular weight excluding hydrogens is 345 g/mol. The zero-order chi connectivity index (χ0) is 19.1. The van der Waals surface area contributed by atoms with Crippen LogP contribution in [0.25, 0.3) is 0 Å². The molecule has 2 aromatic carbocycles. The Balaban J connectivity index is 1.55. The van der Waals surface area contributed by atoms with Crippen LogP contribution < -0.4 is 10.1 Å². The molecule has 140 valence electrons. The number of hydrogen-bond donors (Lipinski definition) is 1. The topological polar surface area (TPSA) is 56.3 Å². The minimum atomic E-state index is -0.311. The lowest BCUT2D eigenvalue weighted by atomic mass is 10.1. The molecule has 27 heavy (non-hydrogen) atoms. The summed E-state index contributed by atoms with van der Waals surface area (Å²) < 4.78 is 24.2. The van der Waals surface area contributed by atoms with Crippen molar-refractivity contribution in [3.05, 3.63) is 77.7 Å². The van der Waals surface area contributed by atoms with Gasteiger partial charge >= 0.3 is 0 Å². The zero-order valence-electron chi connectivity index (χ0n) is 15.4. The third kappa shape index (κ3) is 6.04. The van der Waals surface area contributed by atoms with Gasteiger partial charge in [-0.25, -0.2) is 9.37 Å². The van der Waals surface area contributed by atoms with Gasteiger partial charge in [-0.05, 0) is 49.2 Å². The molecule has 6 heteroatoms. The number of rotatable bonds is 8. The maximum absolute atomic E-state index is 13.0. The molecule has 0 aliphatic carbocycles. The lowest BCUT2D eigenvalue weighted by molar-refractivity contribution is 0.0657. The summed E-state index contributed by atoms with van der Waals surface area (Å²) in [6, 6.07) is 15.6. The Kier molecular flexibility index (Phi) is 6.33. The van der Waals surface area contributed by atoms with Crippen LogP contribution in [0.3, 0.4) is 0 Å². The van der Waals surface area contributed by atoms with Crippen LogP contribution in [0.1, 0.15) is 25.0 Å². The van der Waals surface area contributed by atoms with E-state index < -0.39 is 0 Å².